The third-order valence-electron chi connectivity index (χ3n) is 5.49. The fourth-order valence-electron chi connectivity index (χ4n) is 3.46. The van der Waals surface area contributed by atoms with Gasteiger partial charge in [0.05, 0.1) is 18.7 Å². The van der Waals surface area contributed by atoms with Crippen molar-refractivity contribution in [2.45, 2.75) is 33.1 Å². The van der Waals surface area contributed by atoms with Crippen molar-refractivity contribution >= 4 is 11.7 Å². The predicted molar refractivity (Wildman–Crippen MR) is 122 cm³/mol. The molecule has 0 aliphatic heterocycles. The first-order chi connectivity index (χ1) is 15.7. The van der Waals surface area contributed by atoms with Crippen molar-refractivity contribution in [3.8, 4) is 0 Å². The highest BCUT2D eigenvalue weighted by Gasteiger charge is 2.30. The summed E-state index contributed by atoms with van der Waals surface area (Å²) >= 11 is 0. The lowest BCUT2D eigenvalue weighted by Crippen LogP contribution is -2.37. The second-order valence-electron chi connectivity index (χ2n) is 7.97. The highest BCUT2D eigenvalue weighted by molar-refractivity contribution is 5.89. The van der Waals surface area contributed by atoms with E-state index < -0.39 is 11.7 Å². The maximum Gasteiger partial charge on any atom is 0.416 e. The first kappa shape index (κ1) is 24.4. The minimum atomic E-state index is -4.39. The van der Waals surface area contributed by atoms with E-state index in [-0.39, 0.29) is 19.1 Å². The molecule has 1 heterocycles. The Hall–Kier alpha value is -3.26. The lowest BCUT2D eigenvalue weighted by atomic mass is 10.1. The molecule has 1 N–H and O–H groups in total. The van der Waals surface area contributed by atoms with E-state index in [4.69, 9.17) is 4.74 Å². The molecule has 0 spiro atoms. The summed E-state index contributed by atoms with van der Waals surface area (Å²) in [7, 11) is 1.57. The van der Waals surface area contributed by atoms with Crippen LogP contribution in [-0.2, 0) is 24.0 Å². The number of rotatable bonds is 8. The molecule has 2 amide bonds. The van der Waals surface area contributed by atoms with Gasteiger partial charge in [0, 0.05) is 37.8 Å². The van der Waals surface area contributed by atoms with Gasteiger partial charge in [-0.2, -0.15) is 13.2 Å². The molecule has 1 aromatic heterocycles. The number of carbonyl (C=O) groups is 1. The van der Waals surface area contributed by atoms with Crippen LogP contribution in [0.25, 0.3) is 0 Å². The lowest BCUT2D eigenvalue weighted by molar-refractivity contribution is -0.137. The number of hydrogen-bond acceptors (Lipinski definition) is 2. The van der Waals surface area contributed by atoms with Crippen LogP contribution in [0, 0.1) is 13.8 Å². The Morgan fingerprint density at radius 3 is 2.55 bits per heavy atom. The molecule has 0 unspecified atom stereocenters. The number of amides is 2. The van der Waals surface area contributed by atoms with E-state index in [2.05, 4.69) is 5.32 Å². The van der Waals surface area contributed by atoms with Gasteiger partial charge in [-0.1, -0.05) is 18.2 Å². The quantitative estimate of drug-likeness (QED) is 0.459. The van der Waals surface area contributed by atoms with Crippen molar-refractivity contribution in [3.63, 3.8) is 0 Å². The highest BCUT2D eigenvalue weighted by Crippen LogP contribution is 2.29. The molecular weight excluding hydrogens is 431 g/mol. The molecule has 0 aliphatic carbocycles. The zero-order valence-corrected chi connectivity index (χ0v) is 18.9. The number of aromatic nitrogens is 1. The molecular formula is C25H28F3N3O2. The van der Waals surface area contributed by atoms with E-state index in [0.717, 1.165) is 29.0 Å². The summed E-state index contributed by atoms with van der Waals surface area (Å²) in [5.41, 5.74) is 3.57. The molecule has 2 aromatic carbocycles. The maximum atomic E-state index is 13.1. The van der Waals surface area contributed by atoms with E-state index in [0.29, 0.717) is 24.4 Å². The van der Waals surface area contributed by atoms with Crippen molar-refractivity contribution in [3.05, 3.63) is 88.7 Å². The molecule has 0 aliphatic rings. The zero-order valence-electron chi connectivity index (χ0n) is 18.9. The Morgan fingerprint density at radius 1 is 1.06 bits per heavy atom. The Kier molecular flexibility index (Phi) is 7.81. The normalized spacial score (nSPS) is 11.5. The third kappa shape index (κ3) is 6.61. The van der Waals surface area contributed by atoms with Crippen LogP contribution in [0.15, 0.2) is 60.8 Å². The number of urea groups is 1. The topological polar surface area (TPSA) is 46.5 Å². The summed E-state index contributed by atoms with van der Waals surface area (Å²) < 4.78 is 46.2. The summed E-state index contributed by atoms with van der Waals surface area (Å²) in [4.78, 5) is 14.6. The summed E-state index contributed by atoms with van der Waals surface area (Å²) in [6.07, 6.45) is -2.59. The van der Waals surface area contributed by atoms with Gasteiger partial charge in [0.1, 0.15) is 0 Å². The predicted octanol–water partition coefficient (Wildman–Crippen LogP) is 5.85. The van der Waals surface area contributed by atoms with E-state index in [1.165, 1.54) is 6.07 Å². The first-order valence-electron chi connectivity index (χ1n) is 10.6. The fourth-order valence-corrected chi connectivity index (χ4v) is 3.46. The van der Waals surface area contributed by atoms with Crippen LogP contribution >= 0.6 is 0 Å². The number of aryl methyl sites for hydroxylation is 2. The highest BCUT2D eigenvalue weighted by atomic mass is 19.4. The molecule has 3 aromatic rings. The molecule has 0 fully saturated rings. The van der Waals surface area contributed by atoms with Crippen molar-refractivity contribution < 1.29 is 22.7 Å². The number of nitrogens with zero attached hydrogens (tertiary/aromatic N) is 2. The molecule has 33 heavy (non-hydrogen) atoms. The molecule has 5 nitrogen and oxygen atoms in total. The number of nitrogens with one attached hydrogen (secondary N) is 1. The van der Waals surface area contributed by atoms with Gasteiger partial charge in [0.15, 0.2) is 0 Å². The van der Waals surface area contributed by atoms with Crippen LogP contribution < -0.4 is 5.32 Å². The standard InChI is InChI=1S/C25H28F3N3O2/c1-18-9-10-22(14-19(18)2)29-24(32)31(12-13-33-3)17-23-8-5-11-30(23)16-20-6-4-7-21(15-20)25(26,27)28/h4-11,14-15H,12-13,16-17H2,1-3H3,(H,29,32). The van der Waals surface area contributed by atoms with Gasteiger partial charge >= 0.3 is 12.2 Å². The number of hydrogen-bond donors (Lipinski definition) is 1. The largest absolute Gasteiger partial charge is 0.416 e. The summed E-state index contributed by atoms with van der Waals surface area (Å²) in [5.74, 6) is 0. The van der Waals surface area contributed by atoms with Gasteiger partial charge in [-0.15, -0.1) is 0 Å². The van der Waals surface area contributed by atoms with Crippen molar-refractivity contribution in [1.82, 2.24) is 9.47 Å². The molecule has 176 valence electrons. The molecule has 3 rings (SSSR count). The number of alkyl halides is 3. The number of carbonyl (C=O) groups excluding carboxylic acids is 1. The van der Waals surface area contributed by atoms with Crippen LogP contribution in [0.1, 0.15) is 27.9 Å². The summed E-state index contributed by atoms with van der Waals surface area (Å²) in [6.45, 7) is 5.25. The van der Waals surface area contributed by atoms with E-state index in [9.17, 15) is 18.0 Å². The number of methoxy groups -OCH3 is 1. The minimum absolute atomic E-state index is 0.267. The average molecular weight is 460 g/mol. The Balaban J connectivity index is 1.76. The number of anilines is 1. The molecule has 0 saturated carbocycles. The molecule has 0 bridgehead atoms. The Labute approximate surface area is 191 Å². The Morgan fingerprint density at radius 2 is 1.85 bits per heavy atom. The van der Waals surface area contributed by atoms with Crippen LogP contribution in [0.5, 0.6) is 0 Å². The van der Waals surface area contributed by atoms with Gasteiger partial charge in [-0.25, -0.2) is 4.79 Å². The van der Waals surface area contributed by atoms with Crippen molar-refractivity contribution in [2.75, 3.05) is 25.6 Å². The van der Waals surface area contributed by atoms with E-state index in [1.807, 2.05) is 48.7 Å². The van der Waals surface area contributed by atoms with Gasteiger partial charge in [0.25, 0.3) is 0 Å². The number of halogens is 3. The van der Waals surface area contributed by atoms with Crippen molar-refractivity contribution in [1.29, 1.82) is 0 Å². The van der Waals surface area contributed by atoms with Gasteiger partial charge in [-0.05, 0) is 66.9 Å². The van der Waals surface area contributed by atoms with Gasteiger partial charge < -0.3 is 19.5 Å². The van der Waals surface area contributed by atoms with E-state index in [1.54, 1.807) is 24.3 Å². The zero-order chi connectivity index (χ0) is 24.0. The Bertz CT molecular complexity index is 1090. The third-order valence-corrected chi connectivity index (χ3v) is 5.49. The second kappa shape index (κ2) is 10.6. The van der Waals surface area contributed by atoms with Crippen molar-refractivity contribution in [2.24, 2.45) is 0 Å². The van der Waals surface area contributed by atoms with Crippen LogP contribution in [0.4, 0.5) is 23.7 Å². The minimum Gasteiger partial charge on any atom is -0.383 e. The number of benzene rings is 2. The first-order valence-corrected chi connectivity index (χ1v) is 10.6. The van der Waals surface area contributed by atoms with Gasteiger partial charge in [0.2, 0.25) is 0 Å². The summed E-state index contributed by atoms with van der Waals surface area (Å²) in [5, 5.41) is 2.92. The lowest BCUT2D eigenvalue weighted by Gasteiger charge is -2.24. The molecule has 0 atom stereocenters. The molecule has 8 heteroatoms. The van der Waals surface area contributed by atoms with Crippen LogP contribution in [-0.4, -0.2) is 35.8 Å². The van der Waals surface area contributed by atoms with Gasteiger partial charge in [-0.3, -0.25) is 0 Å². The van der Waals surface area contributed by atoms with E-state index >= 15 is 0 Å². The second-order valence-corrected chi connectivity index (χ2v) is 7.97. The fraction of sp³-hybridized carbons (Fsp3) is 0.320. The van der Waals surface area contributed by atoms with Crippen LogP contribution in [0.3, 0.4) is 0 Å². The monoisotopic (exact) mass is 459 g/mol. The average Bonchev–Trinajstić information content (AvgIpc) is 3.19. The maximum absolute atomic E-state index is 13.1. The SMILES string of the molecule is COCCN(Cc1cccn1Cc1cccc(C(F)(F)F)c1)C(=O)Nc1ccc(C)c(C)c1. The smallest absolute Gasteiger partial charge is 0.383 e. The molecule has 0 radical (unpaired) electrons. The van der Waals surface area contributed by atoms with Crippen LogP contribution in [0.2, 0.25) is 0 Å². The number of ether oxygens (including phenoxy) is 1. The molecule has 0 saturated heterocycles. The summed E-state index contributed by atoms with van der Waals surface area (Å²) in [6, 6.07) is 14.4.